The van der Waals surface area contributed by atoms with Gasteiger partial charge < -0.3 is 20.3 Å². The van der Waals surface area contributed by atoms with Crippen molar-refractivity contribution in [2.45, 2.75) is 18.6 Å². The van der Waals surface area contributed by atoms with Crippen molar-refractivity contribution in [1.82, 2.24) is 9.97 Å². The molecular formula is C8H10N2O6. The number of carboxylic acids is 1. The molecule has 1 rings (SSSR count). The van der Waals surface area contributed by atoms with E-state index in [4.69, 9.17) is 5.11 Å². The predicted octanol–water partition coefficient (Wildman–Crippen LogP) is -2.07. The van der Waals surface area contributed by atoms with Gasteiger partial charge >= 0.3 is 11.7 Å². The normalized spacial score (nSPS) is 14.4. The van der Waals surface area contributed by atoms with Crippen molar-refractivity contribution in [3.63, 3.8) is 0 Å². The maximum absolute atomic E-state index is 11.2. The molecule has 0 saturated carbocycles. The van der Waals surface area contributed by atoms with Crippen LogP contribution in [0.5, 0.6) is 0 Å². The predicted molar refractivity (Wildman–Crippen MR) is 50.9 cm³/mol. The standard InChI is InChI=1S/C8H10N2O6/c11-4(1-5(12)13)6(14)3-2-9-8(16)10-7(3)15/h2,4,6,11,14H,1H2,(H,12,13)(H2,9,10,15,16). The molecule has 2 atom stereocenters. The van der Waals surface area contributed by atoms with Gasteiger partial charge in [0.05, 0.1) is 18.1 Å². The zero-order valence-electron chi connectivity index (χ0n) is 8.01. The van der Waals surface area contributed by atoms with Gasteiger partial charge in [0.2, 0.25) is 0 Å². The number of aliphatic hydroxyl groups is 2. The van der Waals surface area contributed by atoms with Crippen LogP contribution in [0.25, 0.3) is 0 Å². The first-order chi connectivity index (χ1) is 7.41. The molecule has 5 N–H and O–H groups in total. The lowest BCUT2D eigenvalue weighted by atomic mass is 10.1. The van der Waals surface area contributed by atoms with Gasteiger partial charge in [0.15, 0.2) is 0 Å². The monoisotopic (exact) mass is 230 g/mol. The topological polar surface area (TPSA) is 143 Å². The van der Waals surface area contributed by atoms with E-state index in [1.165, 1.54) is 0 Å². The van der Waals surface area contributed by atoms with Gasteiger partial charge in [-0.05, 0) is 0 Å². The van der Waals surface area contributed by atoms with E-state index >= 15 is 0 Å². The highest BCUT2D eigenvalue weighted by Gasteiger charge is 2.23. The molecule has 0 amide bonds. The van der Waals surface area contributed by atoms with E-state index in [1.807, 2.05) is 4.98 Å². The quantitative estimate of drug-likeness (QED) is 0.402. The zero-order valence-corrected chi connectivity index (χ0v) is 8.01. The van der Waals surface area contributed by atoms with Crippen LogP contribution in [0.1, 0.15) is 18.1 Å². The Labute approximate surface area is 88.2 Å². The Kier molecular flexibility index (Phi) is 3.59. The van der Waals surface area contributed by atoms with Gasteiger partial charge in [-0.25, -0.2) is 4.79 Å². The minimum absolute atomic E-state index is 0.298. The smallest absolute Gasteiger partial charge is 0.325 e. The number of rotatable bonds is 4. The Morgan fingerprint density at radius 1 is 1.38 bits per heavy atom. The third kappa shape index (κ3) is 2.78. The number of H-pyrrole nitrogens is 2. The summed E-state index contributed by atoms with van der Waals surface area (Å²) < 4.78 is 0. The number of hydrogen-bond donors (Lipinski definition) is 5. The van der Waals surface area contributed by atoms with E-state index in [0.29, 0.717) is 0 Å². The van der Waals surface area contributed by atoms with Gasteiger partial charge in [-0.1, -0.05) is 0 Å². The van der Waals surface area contributed by atoms with Crippen LogP contribution < -0.4 is 11.2 Å². The third-order valence-corrected chi connectivity index (χ3v) is 1.91. The van der Waals surface area contributed by atoms with Gasteiger partial charge in [0, 0.05) is 6.20 Å². The fourth-order valence-electron chi connectivity index (χ4n) is 1.14. The minimum Gasteiger partial charge on any atom is -0.481 e. The summed E-state index contributed by atoms with van der Waals surface area (Å²) in [6, 6.07) is 0. The van der Waals surface area contributed by atoms with Crippen molar-refractivity contribution in [3.8, 4) is 0 Å². The molecule has 88 valence electrons. The first-order valence-electron chi connectivity index (χ1n) is 4.31. The molecule has 0 aromatic carbocycles. The van der Waals surface area contributed by atoms with Gasteiger partial charge in [-0.2, -0.15) is 0 Å². The summed E-state index contributed by atoms with van der Waals surface area (Å²) in [6.07, 6.45) is -3.07. The van der Waals surface area contributed by atoms with Gasteiger partial charge in [-0.15, -0.1) is 0 Å². The second-order valence-electron chi connectivity index (χ2n) is 3.14. The second-order valence-corrected chi connectivity index (χ2v) is 3.14. The van der Waals surface area contributed by atoms with Gasteiger partial charge in [0.25, 0.3) is 5.56 Å². The molecule has 0 aliphatic rings. The summed E-state index contributed by atoms with van der Waals surface area (Å²) >= 11 is 0. The number of hydrogen-bond acceptors (Lipinski definition) is 5. The molecule has 0 spiro atoms. The molecule has 0 aliphatic carbocycles. The van der Waals surface area contributed by atoms with E-state index in [1.54, 1.807) is 0 Å². The zero-order chi connectivity index (χ0) is 12.3. The number of carboxylic acid groups (broad SMARTS) is 1. The van der Waals surface area contributed by atoms with Crippen LogP contribution in [-0.4, -0.2) is 37.4 Å². The summed E-state index contributed by atoms with van der Waals surface area (Å²) in [4.78, 5) is 36.1. The van der Waals surface area contributed by atoms with E-state index in [0.717, 1.165) is 6.20 Å². The molecule has 8 heteroatoms. The molecule has 1 heterocycles. The lowest BCUT2D eigenvalue weighted by Crippen LogP contribution is -2.31. The Balaban J connectivity index is 2.96. The average molecular weight is 230 g/mol. The van der Waals surface area contributed by atoms with E-state index < -0.39 is 35.8 Å². The van der Waals surface area contributed by atoms with Crippen molar-refractivity contribution >= 4 is 5.97 Å². The van der Waals surface area contributed by atoms with Crippen molar-refractivity contribution in [3.05, 3.63) is 32.6 Å². The van der Waals surface area contributed by atoms with E-state index in [9.17, 15) is 24.6 Å². The number of aliphatic carboxylic acids is 1. The van der Waals surface area contributed by atoms with E-state index in [2.05, 4.69) is 4.98 Å². The van der Waals surface area contributed by atoms with Crippen LogP contribution in [0, 0.1) is 0 Å². The summed E-state index contributed by atoms with van der Waals surface area (Å²) in [7, 11) is 0. The number of carbonyl (C=O) groups is 1. The molecule has 0 radical (unpaired) electrons. The largest absolute Gasteiger partial charge is 0.481 e. The fourth-order valence-corrected chi connectivity index (χ4v) is 1.14. The molecule has 8 nitrogen and oxygen atoms in total. The summed E-state index contributed by atoms with van der Waals surface area (Å²) in [5.74, 6) is -1.31. The Hall–Kier alpha value is -1.93. The van der Waals surface area contributed by atoms with Crippen molar-refractivity contribution in [2.24, 2.45) is 0 Å². The Morgan fingerprint density at radius 3 is 2.50 bits per heavy atom. The van der Waals surface area contributed by atoms with Crippen LogP contribution in [-0.2, 0) is 4.79 Å². The molecular weight excluding hydrogens is 220 g/mol. The average Bonchev–Trinajstić information content (AvgIpc) is 2.15. The first-order valence-corrected chi connectivity index (χ1v) is 4.31. The summed E-state index contributed by atoms with van der Waals surface area (Å²) in [5, 5.41) is 27.1. The highest BCUT2D eigenvalue weighted by atomic mass is 16.4. The van der Waals surface area contributed by atoms with Crippen LogP contribution in [0.3, 0.4) is 0 Å². The highest BCUT2D eigenvalue weighted by molar-refractivity contribution is 5.67. The number of aliphatic hydroxyl groups excluding tert-OH is 2. The molecule has 1 aromatic heterocycles. The minimum atomic E-state index is -1.67. The maximum atomic E-state index is 11.2. The molecule has 0 bridgehead atoms. The van der Waals surface area contributed by atoms with Gasteiger partial charge in [-0.3, -0.25) is 14.6 Å². The summed E-state index contributed by atoms with van der Waals surface area (Å²) in [5.41, 5.74) is -1.93. The second kappa shape index (κ2) is 4.73. The lowest BCUT2D eigenvalue weighted by Gasteiger charge is -2.14. The van der Waals surface area contributed by atoms with Crippen molar-refractivity contribution in [2.75, 3.05) is 0 Å². The third-order valence-electron chi connectivity index (χ3n) is 1.91. The maximum Gasteiger partial charge on any atom is 0.325 e. The molecule has 0 saturated heterocycles. The van der Waals surface area contributed by atoms with Crippen molar-refractivity contribution < 1.29 is 20.1 Å². The molecule has 0 fully saturated rings. The number of nitrogens with one attached hydrogen (secondary N) is 2. The molecule has 16 heavy (non-hydrogen) atoms. The fraction of sp³-hybridized carbons (Fsp3) is 0.375. The van der Waals surface area contributed by atoms with E-state index in [-0.39, 0.29) is 5.56 Å². The molecule has 2 unspecified atom stereocenters. The Bertz CT molecular complexity index is 490. The number of aromatic nitrogens is 2. The van der Waals surface area contributed by atoms with Crippen molar-refractivity contribution in [1.29, 1.82) is 0 Å². The van der Waals surface area contributed by atoms with Crippen LogP contribution in [0.4, 0.5) is 0 Å². The lowest BCUT2D eigenvalue weighted by molar-refractivity contribution is -0.141. The van der Waals surface area contributed by atoms with Crippen LogP contribution in [0.15, 0.2) is 15.8 Å². The molecule has 1 aromatic rings. The Morgan fingerprint density at radius 2 is 2.00 bits per heavy atom. The van der Waals surface area contributed by atoms with Gasteiger partial charge in [0.1, 0.15) is 6.10 Å². The van der Waals surface area contributed by atoms with Crippen LogP contribution in [0.2, 0.25) is 0 Å². The molecule has 0 aliphatic heterocycles. The highest BCUT2D eigenvalue weighted by Crippen LogP contribution is 2.13. The van der Waals surface area contributed by atoms with Crippen LogP contribution >= 0.6 is 0 Å². The summed E-state index contributed by atoms with van der Waals surface area (Å²) in [6.45, 7) is 0. The first kappa shape index (κ1) is 12.1. The SMILES string of the molecule is O=C(O)CC(O)C(O)c1c[nH]c(=O)[nH]c1=O. The number of aromatic amines is 2.